The zero-order valence-electron chi connectivity index (χ0n) is 11.0. The Hall–Kier alpha value is -0.0800. The van der Waals surface area contributed by atoms with Gasteiger partial charge in [0.1, 0.15) is 0 Å². The fourth-order valence-corrected chi connectivity index (χ4v) is 3.39. The lowest BCUT2D eigenvalue weighted by Gasteiger charge is -2.40. The minimum absolute atomic E-state index is 0.739. The first-order valence-electron chi connectivity index (χ1n) is 7.30. The molecule has 0 aliphatic carbocycles. The second-order valence-corrected chi connectivity index (χ2v) is 5.69. The maximum Gasteiger partial charge on any atom is 0.0224 e. The number of nitrogens with zero attached hydrogens (tertiary/aromatic N) is 1. The van der Waals surface area contributed by atoms with E-state index in [1.807, 2.05) is 0 Å². The van der Waals surface area contributed by atoms with E-state index in [9.17, 15) is 0 Å². The lowest BCUT2D eigenvalue weighted by atomic mass is 9.98. The predicted molar refractivity (Wildman–Crippen MR) is 69.7 cm³/mol. The predicted octanol–water partition coefficient (Wildman–Crippen LogP) is 2.78. The summed E-state index contributed by atoms with van der Waals surface area (Å²) < 4.78 is 0. The van der Waals surface area contributed by atoms with Crippen LogP contribution in [0.3, 0.4) is 0 Å². The summed E-state index contributed by atoms with van der Waals surface area (Å²) in [5.74, 6) is 0. The number of likely N-dealkylation sites (tertiary alicyclic amines) is 1. The summed E-state index contributed by atoms with van der Waals surface area (Å²) in [6, 6.07) is 2.42. The summed E-state index contributed by atoms with van der Waals surface area (Å²) in [6.07, 6.45) is 9.86. The Labute approximate surface area is 101 Å². The highest BCUT2D eigenvalue weighted by molar-refractivity contribution is 4.86. The summed E-state index contributed by atoms with van der Waals surface area (Å²) >= 11 is 0. The van der Waals surface area contributed by atoms with E-state index in [4.69, 9.17) is 0 Å². The molecule has 0 aromatic rings. The van der Waals surface area contributed by atoms with Gasteiger partial charge in [-0.25, -0.2) is 0 Å². The quantitative estimate of drug-likeness (QED) is 0.776. The summed E-state index contributed by atoms with van der Waals surface area (Å²) in [5, 5.41) is 3.65. The molecule has 2 heterocycles. The fourth-order valence-electron chi connectivity index (χ4n) is 3.39. The van der Waals surface area contributed by atoms with Gasteiger partial charge in [-0.1, -0.05) is 19.8 Å². The van der Waals surface area contributed by atoms with Crippen LogP contribution in [-0.4, -0.2) is 36.1 Å². The zero-order valence-corrected chi connectivity index (χ0v) is 11.0. The molecular formula is C14H28N2. The molecule has 0 bridgehead atoms. The van der Waals surface area contributed by atoms with Gasteiger partial charge in [0.15, 0.2) is 0 Å². The molecular weight excluding hydrogens is 196 g/mol. The molecule has 2 aliphatic rings. The molecule has 2 aliphatic heterocycles. The minimum Gasteiger partial charge on any atom is -0.313 e. The average molecular weight is 224 g/mol. The van der Waals surface area contributed by atoms with Crippen molar-refractivity contribution in [1.82, 2.24) is 10.2 Å². The molecule has 3 unspecified atom stereocenters. The van der Waals surface area contributed by atoms with Crippen LogP contribution in [0.4, 0.5) is 0 Å². The Morgan fingerprint density at radius 3 is 2.69 bits per heavy atom. The SMILES string of the molecule is CCC1CCCCCN1C1CCC(C)NC1. The standard InChI is InChI=1S/C14H28N2/c1-3-13-7-5-4-6-10-16(13)14-9-8-12(2)15-11-14/h12-15H,3-11H2,1-2H3. The molecule has 0 saturated carbocycles. The highest BCUT2D eigenvalue weighted by Crippen LogP contribution is 2.24. The normalized spacial score (nSPS) is 38.2. The number of nitrogens with one attached hydrogen (secondary N) is 1. The van der Waals surface area contributed by atoms with E-state index in [0.717, 1.165) is 18.1 Å². The van der Waals surface area contributed by atoms with Crippen LogP contribution in [0.5, 0.6) is 0 Å². The van der Waals surface area contributed by atoms with Crippen molar-refractivity contribution in [3.8, 4) is 0 Å². The molecule has 16 heavy (non-hydrogen) atoms. The number of hydrogen-bond acceptors (Lipinski definition) is 2. The largest absolute Gasteiger partial charge is 0.313 e. The highest BCUT2D eigenvalue weighted by atomic mass is 15.2. The van der Waals surface area contributed by atoms with Crippen molar-refractivity contribution < 1.29 is 0 Å². The van der Waals surface area contributed by atoms with E-state index >= 15 is 0 Å². The second kappa shape index (κ2) is 6.02. The second-order valence-electron chi connectivity index (χ2n) is 5.69. The number of hydrogen-bond donors (Lipinski definition) is 1. The van der Waals surface area contributed by atoms with Gasteiger partial charge in [-0.3, -0.25) is 4.90 Å². The van der Waals surface area contributed by atoms with Gasteiger partial charge in [-0.05, 0) is 45.6 Å². The van der Waals surface area contributed by atoms with Crippen molar-refractivity contribution in [1.29, 1.82) is 0 Å². The maximum absolute atomic E-state index is 3.65. The molecule has 0 aromatic carbocycles. The summed E-state index contributed by atoms with van der Waals surface area (Å²) in [7, 11) is 0. The van der Waals surface area contributed by atoms with Crippen molar-refractivity contribution in [2.24, 2.45) is 0 Å². The van der Waals surface area contributed by atoms with Crippen molar-refractivity contribution in [2.45, 2.75) is 76.9 Å². The smallest absolute Gasteiger partial charge is 0.0224 e. The van der Waals surface area contributed by atoms with E-state index in [0.29, 0.717) is 0 Å². The summed E-state index contributed by atoms with van der Waals surface area (Å²) in [4.78, 5) is 2.83. The Bertz CT molecular complexity index is 197. The van der Waals surface area contributed by atoms with Crippen LogP contribution in [-0.2, 0) is 0 Å². The monoisotopic (exact) mass is 224 g/mol. The topological polar surface area (TPSA) is 15.3 Å². The molecule has 2 rings (SSSR count). The fraction of sp³-hybridized carbons (Fsp3) is 1.00. The van der Waals surface area contributed by atoms with E-state index in [1.165, 1.54) is 58.0 Å². The van der Waals surface area contributed by atoms with Gasteiger partial charge in [0.2, 0.25) is 0 Å². The van der Waals surface area contributed by atoms with Crippen LogP contribution in [0.1, 0.15) is 58.8 Å². The van der Waals surface area contributed by atoms with E-state index in [2.05, 4.69) is 24.1 Å². The van der Waals surface area contributed by atoms with Crippen molar-refractivity contribution in [3.63, 3.8) is 0 Å². The molecule has 94 valence electrons. The lowest BCUT2D eigenvalue weighted by molar-refractivity contribution is 0.104. The van der Waals surface area contributed by atoms with E-state index < -0.39 is 0 Å². The molecule has 0 spiro atoms. The third kappa shape index (κ3) is 2.98. The lowest BCUT2D eigenvalue weighted by Crippen LogP contribution is -2.52. The highest BCUT2D eigenvalue weighted by Gasteiger charge is 2.28. The molecule has 0 radical (unpaired) electrons. The molecule has 2 nitrogen and oxygen atoms in total. The molecule has 2 fully saturated rings. The van der Waals surface area contributed by atoms with Crippen molar-refractivity contribution in [3.05, 3.63) is 0 Å². The molecule has 1 N–H and O–H groups in total. The van der Waals surface area contributed by atoms with Crippen LogP contribution in [0.2, 0.25) is 0 Å². The van der Waals surface area contributed by atoms with Gasteiger partial charge in [0, 0.05) is 24.7 Å². The van der Waals surface area contributed by atoms with Crippen LogP contribution >= 0.6 is 0 Å². The maximum atomic E-state index is 3.65. The van der Waals surface area contributed by atoms with Gasteiger partial charge in [-0.15, -0.1) is 0 Å². The van der Waals surface area contributed by atoms with Crippen molar-refractivity contribution in [2.75, 3.05) is 13.1 Å². The van der Waals surface area contributed by atoms with Gasteiger partial charge in [0.05, 0.1) is 0 Å². The van der Waals surface area contributed by atoms with Crippen molar-refractivity contribution >= 4 is 0 Å². The van der Waals surface area contributed by atoms with Crippen LogP contribution < -0.4 is 5.32 Å². The summed E-state index contributed by atoms with van der Waals surface area (Å²) in [6.45, 7) is 7.24. The Kier molecular flexibility index (Phi) is 4.66. The first-order chi connectivity index (χ1) is 7.81. The molecule has 0 aromatic heterocycles. The zero-order chi connectivity index (χ0) is 11.4. The third-order valence-corrected chi connectivity index (χ3v) is 4.50. The third-order valence-electron chi connectivity index (χ3n) is 4.50. The Morgan fingerprint density at radius 1 is 1.12 bits per heavy atom. The molecule has 2 heteroatoms. The minimum atomic E-state index is 0.739. The van der Waals surface area contributed by atoms with Gasteiger partial charge in [0.25, 0.3) is 0 Å². The molecule has 3 atom stereocenters. The first-order valence-corrected chi connectivity index (χ1v) is 7.30. The Morgan fingerprint density at radius 2 is 2.00 bits per heavy atom. The van der Waals surface area contributed by atoms with Gasteiger partial charge < -0.3 is 5.32 Å². The van der Waals surface area contributed by atoms with Crippen LogP contribution in [0.25, 0.3) is 0 Å². The average Bonchev–Trinajstić information content (AvgIpc) is 2.55. The first kappa shape index (κ1) is 12.4. The number of rotatable bonds is 2. The van der Waals surface area contributed by atoms with Crippen LogP contribution in [0, 0.1) is 0 Å². The number of piperidine rings is 1. The summed E-state index contributed by atoms with van der Waals surface area (Å²) in [5.41, 5.74) is 0. The van der Waals surface area contributed by atoms with E-state index in [-0.39, 0.29) is 0 Å². The Balaban J connectivity index is 1.93. The molecule has 2 saturated heterocycles. The van der Waals surface area contributed by atoms with Gasteiger partial charge in [-0.2, -0.15) is 0 Å². The molecule has 0 amide bonds. The van der Waals surface area contributed by atoms with E-state index in [1.54, 1.807) is 0 Å². The van der Waals surface area contributed by atoms with Gasteiger partial charge >= 0.3 is 0 Å². The van der Waals surface area contributed by atoms with Crippen LogP contribution in [0.15, 0.2) is 0 Å².